The van der Waals surface area contributed by atoms with Crippen molar-refractivity contribution in [2.75, 3.05) is 13.7 Å². The molecule has 0 fully saturated rings. The number of hydrogen-bond acceptors (Lipinski definition) is 5. The zero-order valence-electron chi connectivity index (χ0n) is 13.0. The van der Waals surface area contributed by atoms with Crippen LogP contribution in [0, 0.1) is 6.92 Å². The minimum absolute atomic E-state index is 0.143. The van der Waals surface area contributed by atoms with Gasteiger partial charge in [0.05, 0.1) is 10.7 Å². The van der Waals surface area contributed by atoms with Crippen molar-refractivity contribution >= 4 is 23.2 Å². The molecule has 0 bridgehead atoms. The van der Waals surface area contributed by atoms with Gasteiger partial charge in [-0.05, 0) is 6.92 Å². The first kappa shape index (κ1) is 17.6. The summed E-state index contributed by atoms with van der Waals surface area (Å²) in [6.07, 6.45) is 0.224. The van der Waals surface area contributed by atoms with Gasteiger partial charge < -0.3 is 15.2 Å². The quantitative estimate of drug-likeness (QED) is 0.838. The third-order valence-electron chi connectivity index (χ3n) is 2.86. The van der Waals surface area contributed by atoms with Crippen molar-refractivity contribution in [1.82, 2.24) is 10.3 Å². The van der Waals surface area contributed by atoms with E-state index in [9.17, 15) is 9.59 Å². The highest BCUT2D eigenvalue weighted by Gasteiger charge is 2.26. The molecule has 1 aromatic heterocycles. The zero-order chi connectivity index (χ0) is 16.2. The lowest BCUT2D eigenvalue weighted by atomic mass is 9.98. The molecule has 2 N–H and O–H groups in total. The second-order valence-electron chi connectivity index (χ2n) is 5.83. The van der Waals surface area contributed by atoms with Gasteiger partial charge in [0, 0.05) is 25.6 Å². The van der Waals surface area contributed by atoms with Crippen molar-refractivity contribution in [3.63, 3.8) is 0 Å². The Balaban J connectivity index is 2.88. The number of thiazole rings is 1. The Morgan fingerprint density at radius 1 is 1.43 bits per heavy atom. The fraction of sp³-hybridized carbons (Fsp3) is 0.643. The predicted molar refractivity (Wildman–Crippen MR) is 80.9 cm³/mol. The van der Waals surface area contributed by atoms with Crippen molar-refractivity contribution in [3.05, 3.63) is 15.6 Å². The molecule has 1 atom stereocenters. The molecule has 1 rings (SSSR count). The summed E-state index contributed by atoms with van der Waals surface area (Å²) in [5, 5.41) is 12.5. The number of hydrogen-bond donors (Lipinski definition) is 2. The molecular weight excluding hydrogens is 292 g/mol. The lowest BCUT2D eigenvalue weighted by molar-refractivity contribution is -0.139. The Bertz CT molecular complexity index is 520. The fourth-order valence-corrected chi connectivity index (χ4v) is 2.67. The summed E-state index contributed by atoms with van der Waals surface area (Å²) in [5.74, 6) is -1.47. The lowest BCUT2D eigenvalue weighted by Crippen LogP contribution is -2.41. The number of ether oxygens (including phenoxy) is 1. The molecule has 1 unspecified atom stereocenters. The van der Waals surface area contributed by atoms with E-state index in [2.05, 4.69) is 10.3 Å². The number of carbonyl (C=O) groups is 2. The van der Waals surface area contributed by atoms with Crippen molar-refractivity contribution < 1.29 is 19.4 Å². The number of carbonyl (C=O) groups excluding carboxylic acids is 1. The summed E-state index contributed by atoms with van der Waals surface area (Å²) in [7, 11) is 1.49. The van der Waals surface area contributed by atoms with Crippen LogP contribution in [0.2, 0.25) is 0 Å². The van der Waals surface area contributed by atoms with Gasteiger partial charge in [-0.1, -0.05) is 20.8 Å². The molecule has 0 spiro atoms. The standard InChI is InChI=1S/C14H22N2O4S/c1-8-10(21-13(15-8)14(2,3)4)11(17)16-9(12(18)19)6-7-20-5/h9H,6-7H2,1-5H3,(H,16,17)(H,18,19). The van der Waals surface area contributed by atoms with Gasteiger partial charge in [-0.25, -0.2) is 9.78 Å². The summed E-state index contributed by atoms with van der Waals surface area (Å²) in [6.45, 7) is 8.08. The highest BCUT2D eigenvalue weighted by molar-refractivity contribution is 7.14. The number of carboxylic acids is 1. The highest BCUT2D eigenvalue weighted by atomic mass is 32.1. The SMILES string of the molecule is COCCC(NC(=O)c1sc(C(C)(C)C)nc1C)C(=O)O. The van der Waals surface area contributed by atoms with E-state index in [0.717, 1.165) is 5.01 Å². The van der Waals surface area contributed by atoms with E-state index >= 15 is 0 Å². The molecule has 0 saturated carbocycles. The number of aryl methyl sites for hydroxylation is 1. The first-order valence-electron chi connectivity index (χ1n) is 6.67. The first-order chi connectivity index (χ1) is 9.66. The van der Waals surface area contributed by atoms with E-state index in [-0.39, 0.29) is 18.4 Å². The molecule has 0 aromatic carbocycles. The summed E-state index contributed by atoms with van der Waals surface area (Å²) < 4.78 is 4.86. The molecule has 0 aliphatic rings. The van der Waals surface area contributed by atoms with Crippen LogP contribution in [-0.4, -0.2) is 41.7 Å². The maximum absolute atomic E-state index is 12.2. The lowest BCUT2D eigenvalue weighted by Gasteiger charge is -2.14. The summed E-state index contributed by atoms with van der Waals surface area (Å²) in [5.41, 5.74) is 0.481. The zero-order valence-corrected chi connectivity index (χ0v) is 13.8. The van der Waals surface area contributed by atoms with E-state index in [1.54, 1.807) is 6.92 Å². The largest absolute Gasteiger partial charge is 0.480 e. The molecule has 21 heavy (non-hydrogen) atoms. The Morgan fingerprint density at radius 2 is 2.05 bits per heavy atom. The normalized spacial score (nSPS) is 13.0. The van der Waals surface area contributed by atoms with Gasteiger partial charge >= 0.3 is 5.97 Å². The smallest absolute Gasteiger partial charge is 0.326 e. The van der Waals surface area contributed by atoms with Crippen LogP contribution >= 0.6 is 11.3 Å². The van der Waals surface area contributed by atoms with Gasteiger partial charge in [0.1, 0.15) is 10.9 Å². The average Bonchev–Trinajstić information content (AvgIpc) is 2.76. The second kappa shape index (κ2) is 7.00. The number of amides is 1. The number of aliphatic carboxylic acids is 1. The molecule has 7 heteroatoms. The third kappa shape index (κ3) is 4.78. The molecule has 0 radical (unpaired) electrons. The van der Waals surface area contributed by atoms with Gasteiger partial charge in [-0.2, -0.15) is 0 Å². The number of aromatic nitrogens is 1. The average molecular weight is 314 g/mol. The van der Waals surface area contributed by atoms with Gasteiger partial charge in [0.25, 0.3) is 5.91 Å². The number of nitrogens with one attached hydrogen (secondary N) is 1. The molecule has 6 nitrogen and oxygen atoms in total. The monoisotopic (exact) mass is 314 g/mol. The fourth-order valence-electron chi connectivity index (χ4n) is 1.64. The number of rotatable bonds is 6. The van der Waals surface area contributed by atoms with Gasteiger partial charge in [-0.15, -0.1) is 11.3 Å². The van der Waals surface area contributed by atoms with Crippen LogP contribution in [0.5, 0.6) is 0 Å². The Kier molecular flexibility index (Phi) is 5.86. The minimum atomic E-state index is -1.07. The summed E-state index contributed by atoms with van der Waals surface area (Å²) >= 11 is 1.30. The van der Waals surface area contributed by atoms with Crippen LogP contribution < -0.4 is 5.32 Å². The van der Waals surface area contributed by atoms with E-state index in [4.69, 9.17) is 9.84 Å². The topological polar surface area (TPSA) is 88.5 Å². The maximum Gasteiger partial charge on any atom is 0.326 e. The maximum atomic E-state index is 12.2. The molecular formula is C14H22N2O4S. The third-order valence-corrected chi connectivity index (χ3v) is 4.44. The molecule has 1 heterocycles. The summed E-state index contributed by atoms with van der Waals surface area (Å²) in [6, 6.07) is -0.961. The van der Waals surface area contributed by atoms with Gasteiger partial charge in [0.15, 0.2) is 0 Å². The summed E-state index contributed by atoms with van der Waals surface area (Å²) in [4.78, 5) is 28.2. The minimum Gasteiger partial charge on any atom is -0.480 e. The van der Waals surface area contributed by atoms with Crippen LogP contribution in [0.4, 0.5) is 0 Å². The Labute approximate surface area is 128 Å². The van der Waals surface area contributed by atoms with Crippen molar-refractivity contribution in [2.45, 2.75) is 45.6 Å². The van der Waals surface area contributed by atoms with Crippen LogP contribution in [0.15, 0.2) is 0 Å². The van der Waals surface area contributed by atoms with Crippen molar-refractivity contribution in [3.8, 4) is 0 Å². The van der Waals surface area contributed by atoms with E-state index in [0.29, 0.717) is 10.6 Å². The van der Waals surface area contributed by atoms with Crippen molar-refractivity contribution in [2.24, 2.45) is 0 Å². The molecule has 0 aliphatic heterocycles. The van der Waals surface area contributed by atoms with E-state index in [1.165, 1.54) is 18.4 Å². The molecule has 118 valence electrons. The van der Waals surface area contributed by atoms with Crippen LogP contribution in [-0.2, 0) is 14.9 Å². The number of nitrogens with zero attached hydrogens (tertiary/aromatic N) is 1. The van der Waals surface area contributed by atoms with Gasteiger partial charge in [0.2, 0.25) is 0 Å². The molecule has 0 saturated heterocycles. The van der Waals surface area contributed by atoms with E-state index in [1.807, 2.05) is 20.8 Å². The first-order valence-corrected chi connectivity index (χ1v) is 7.49. The predicted octanol–water partition coefficient (Wildman–Crippen LogP) is 1.97. The van der Waals surface area contributed by atoms with Crippen molar-refractivity contribution in [1.29, 1.82) is 0 Å². The van der Waals surface area contributed by atoms with Crippen LogP contribution in [0.25, 0.3) is 0 Å². The van der Waals surface area contributed by atoms with Crippen LogP contribution in [0.1, 0.15) is 47.6 Å². The van der Waals surface area contributed by atoms with Crippen LogP contribution in [0.3, 0.4) is 0 Å². The van der Waals surface area contributed by atoms with E-state index < -0.39 is 17.9 Å². The highest BCUT2D eigenvalue weighted by Crippen LogP contribution is 2.29. The van der Waals surface area contributed by atoms with Gasteiger partial charge in [-0.3, -0.25) is 4.79 Å². The molecule has 0 aliphatic carbocycles. The number of carboxylic acid groups (broad SMARTS) is 1. The number of methoxy groups -OCH3 is 1. The molecule has 1 aromatic rings. The molecule has 1 amide bonds. The Morgan fingerprint density at radius 3 is 2.48 bits per heavy atom. The Hall–Kier alpha value is -1.47. The second-order valence-corrected chi connectivity index (χ2v) is 6.83.